The van der Waals surface area contributed by atoms with Crippen LogP contribution in [0.1, 0.15) is 5.56 Å². The summed E-state index contributed by atoms with van der Waals surface area (Å²) in [5.41, 5.74) is 1.39. The first-order valence-electron chi connectivity index (χ1n) is 8.89. The molecule has 0 radical (unpaired) electrons. The molecule has 0 aliphatic rings. The summed E-state index contributed by atoms with van der Waals surface area (Å²) in [6, 6.07) is 36.4. The van der Waals surface area contributed by atoms with E-state index in [1.807, 2.05) is 0 Å². The summed E-state index contributed by atoms with van der Waals surface area (Å²) in [7, 11) is 0.754. The fourth-order valence-electron chi connectivity index (χ4n) is 3.19. The number of aryl methyl sites for hydroxylation is 1. The zero-order chi connectivity index (χ0) is 17.8. The van der Waals surface area contributed by atoms with Gasteiger partial charge in [-0.3, -0.25) is 0 Å². The second-order valence-electron chi connectivity index (χ2n) is 6.43. The van der Waals surface area contributed by atoms with Crippen LogP contribution in [-0.4, -0.2) is 0 Å². The second-order valence-corrected chi connectivity index (χ2v) is 7.76. The predicted molar refractivity (Wildman–Crippen MR) is 118 cm³/mol. The van der Waals surface area contributed by atoms with Gasteiger partial charge in [0.25, 0.3) is 0 Å². The molecule has 0 saturated carbocycles. The third-order valence-corrected chi connectivity index (χ3v) is 6.18. The zero-order valence-corrected chi connectivity index (χ0v) is 19.9. The maximum Gasteiger partial charge on any atom is 4.00 e. The number of benzene rings is 3. The van der Waals surface area contributed by atoms with Crippen molar-refractivity contribution in [1.29, 1.82) is 0 Å². The molecule has 0 spiro atoms. The van der Waals surface area contributed by atoms with Crippen molar-refractivity contribution >= 4 is 40.7 Å². The maximum absolute atomic E-state index is 2.26. The van der Waals surface area contributed by atoms with E-state index in [1.54, 1.807) is 0 Å². The standard InChI is InChI=1S/C16H14P.C9H7.Hf/c1-12-6-2-5-9-15(12)17-16-11-10-13-7-3-4-8-14(13)16;1-2-5-9-7-3-6-8(9)4-1;/h2-11,17H,1H3;1-7H;/q2*-1;+4. The number of hydrogen-bond donors (Lipinski definition) is 0. The van der Waals surface area contributed by atoms with Gasteiger partial charge in [-0.1, -0.05) is 36.4 Å². The first-order valence-corrected chi connectivity index (χ1v) is 9.89. The minimum Gasteiger partial charge on any atom is -0.168 e. The molecule has 1 atom stereocenters. The van der Waals surface area contributed by atoms with Crippen molar-refractivity contribution in [2.75, 3.05) is 0 Å². The Bertz CT molecular complexity index is 1100. The molecule has 0 aliphatic heterocycles. The van der Waals surface area contributed by atoms with E-state index in [1.165, 1.54) is 37.7 Å². The van der Waals surface area contributed by atoms with E-state index in [0.717, 1.165) is 8.58 Å². The molecule has 0 N–H and O–H groups in total. The van der Waals surface area contributed by atoms with Crippen molar-refractivity contribution < 1.29 is 25.8 Å². The Morgan fingerprint density at radius 1 is 0.741 bits per heavy atom. The molecule has 0 amide bonds. The van der Waals surface area contributed by atoms with Crippen LogP contribution in [-0.2, 0) is 25.8 Å². The molecule has 0 heterocycles. The van der Waals surface area contributed by atoms with Crippen LogP contribution < -0.4 is 10.6 Å². The van der Waals surface area contributed by atoms with Crippen molar-refractivity contribution in [2.24, 2.45) is 0 Å². The molecule has 0 bridgehead atoms. The molecule has 1 unspecified atom stereocenters. The average molecular weight is 531 g/mol. The third-order valence-electron chi connectivity index (χ3n) is 4.64. The second kappa shape index (κ2) is 9.40. The van der Waals surface area contributed by atoms with Gasteiger partial charge in [0.05, 0.1) is 0 Å². The molecule has 5 aromatic rings. The van der Waals surface area contributed by atoms with Gasteiger partial charge in [-0.05, 0) is 17.8 Å². The first-order chi connectivity index (χ1) is 12.8. The van der Waals surface area contributed by atoms with E-state index in [0.29, 0.717) is 0 Å². The molecule has 0 aliphatic carbocycles. The molecule has 0 fully saturated rings. The largest absolute Gasteiger partial charge is 4.00 e. The Balaban J connectivity index is 0.000000178. The summed E-state index contributed by atoms with van der Waals surface area (Å²) in [4.78, 5) is 0. The van der Waals surface area contributed by atoms with E-state index in [2.05, 4.69) is 110 Å². The van der Waals surface area contributed by atoms with Gasteiger partial charge < -0.3 is 0 Å². The Morgan fingerprint density at radius 2 is 1.44 bits per heavy atom. The van der Waals surface area contributed by atoms with Gasteiger partial charge in [0.15, 0.2) is 0 Å². The van der Waals surface area contributed by atoms with Gasteiger partial charge in [-0.25, -0.2) is 0 Å². The minimum atomic E-state index is 0. The van der Waals surface area contributed by atoms with Gasteiger partial charge in [0, 0.05) is 0 Å². The van der Waals surface area contributed by atoms with Crippen LogP contribution in [0.25, 0.3) is 21.5 Å². The molecule has 5 aromatic carbocycles. The predicted octanol–water partition coefficient (Wildman–Crippen LogP) is 6.05. The molecular formula is C25H21HfP+2. The zero-order valence-electron chi connectivity index (χ0n) is 15.3. The number of fused-ring (bicyclic) bond motifs is 2. The summed E-state index contributed by atoms with van der Waals surface area (Å²) in [6.45, 7) is 2.19. The molecule has 0 aromatic heterocycles. The van der Waals surface area contributed by atoms with Crippen molar-refractivity contribution in [1.82, 2.24) is 0 Å². The summed E-state index contributed by atoms with van der Waals surface area (Å²) in [5.74, 6) is 0. The molecular weight excluding hydrogens is 510 g/mol. The van der Waals surface area contributed by atoms with E-state index >= 15 is 0 Å². The van der Waals surface area contributed by atoms with Crippen LogP contribution in [0, 0.1) is 6.92 Å². The third kappa shape index (κ3) is 4.72. The monoisotopic (exact) mass is 532 g/mol. The van der Waals surface area contributed by atoms with Gasteiger partial charge in [0.2, 0.25) is 0 Å². The van der Waals surface area contributed by atoms with E-state index in [9.17, 15) is 0 Å². The van der Waals surface area contributed by atoms with Crippen molar-refractivity contribution in [3.05, 3.63) is 109 Å². The van der Waals surface area contributed by atoms with Crippen LogP contribution in [0.3, 0.4) is 0 Å². The quantitative estimate of drug-likeness (QED) is 0.148. The van der Waals surface area contributed by atoms with E-state index in [4.69, 9.17) is 0 Å². The van der Waals surface area contributed by atoms with Crippen LogP contribution in [0.2, 0.25) is 0 Å². The Kier molecular flexibility index (Phi) is 6.94. The minimum absolute atomic E-state index is 0. The molecule has 0 nitrogen and oxygen atoms in total. The van der Waals surface area contributed by atoms with Crippen LogP contribution in [0.15, 0.2) is 103 Å². The SMILES string of the molecule is Cc1ccccc1P[c-]1ccc2ccccc21.[Hf+4].c1ccc2[cH-]ccc2c1. The van der Waals surface area contributed by atoms with Crippen LogP contribution in [0.5, 0.6) is 0 Å². The molecule has 5 rings (SSSR count). The molecule has 0 saturated heterocycles. The summed E-state index contributed by atoms with van der Waals surface area (Å²) >= 11 is 0. The molecule has 2 heteroatoms. The van der Waals surface area contributed by atoms with E-state index in [-0.39, 0.29) is 25.8 Å². The Hall–Kier alpha value is -1.82. The van der Waals surface area contributed by atoms with Gasteiger partial charge in [0.1, 0.15) is 0 Å². The fourth-order valence-corrected chi connectivity index (χ4v) is 4.47. The van der Waals surface area contributed by atoms with Gasteiger partial charge in [-0.15, -0.1) is 78.6 Å². The van der Waals surface area contributed by atoms with Crippen LogP contribution in [0.4, 0.5) is 0 Å². The summed E-state index contributed by atoms with van der Waals surface area (Å²) in [6.07, 6.45) is 0. The normalized spacial score (nSPS) is 10.7. The maximum atomic E-state index is 2.26. The smallest absolute Gasteiger partial charge is 0.168 e. The van der Waals surface area contributed by atoms with Crippen molar-refractivity contribution in [3.63, 3.8) is 0 Å². The molecule has 27 heavy (non-hydrogen) atoms. The van der Waals surface area contributed by atoms with E-state index < -0.39 is 0 Å². The topological polar surface area (TPSA) is 0 Å². The van der Waals surface area contributed by atoms with Gasteiger partial charge in [-0.2, -0.15) is 23.6 Å². The Labute approximate surface area is 181 Å². The number of hydrogen-bond acceptors (Lipinski definition) is 0. The average Bonchev–Trinajstić information content (AvgIpc) is 3.31. The first kappa shape index (κ1) is 19.9. The van der Waals surface area contributed by atoms with Gasteiger partial charge >= 0.3 is 25.8 Å². The van der Waals surface area contributed by atoms with Crippen LogP contribution >= 0.6 is 8.58 Å². The van der Waals surface area contributed by atoms with Crippen molar-refractivity contribution in [2.45, 2.75) is 6.92 Å². The Morgan fingerprint density at radius 3 is 2.26 bits per heavy atom. The fraction of sp³-hybridized carbons (Fsp3) is 0.0400. The summed E-state index contributed by atoms with van der Waals surface area (Å²) in [5, 5.41) is 8.31. The molecule has 128 valence electrons. The summed E-state index contributed by atoms with van der Waals surface area (Å²) < 4.78 is 0. The number of rotatable bonds is 2. The van der Waals surface area contributed by atoms with Crippen molar-refractivity contribution in [3.8, 4) is 0 Å².